The first-order chi connectivity index (χ1) is 10.3. The van der Waals surface area contributed by atoms with E-state index in [0.29, 0.717) is 11.2 Å². The van der Waals surface area contributed by atoms with Crippen molar-refractivity contribution in [3.63, 3.8) is 0 Å². The summed E-state index contributed by atoms with van der Waals surface area (Å²) in [5, 5.41) is 5.80. The monoisotopic (exact) mass is 315 g/mol. The smallest absolute Gasteiger partial charge is 0.315 e. The fraction of sp³-hybridized carbons (Fsp3) is 0.333. The maximum absolute atomic E-state index is 12.2. The third kappa shape index (κ3) is 3.71. The first-order valence-corrected chi connectivity index (χ1v) is 6.26. The summed E-state index contributed by atoms with van der Waals surface area (Å²) in [5.74, 6) is -0.784. The second kappa shape index (κ2) is 6.00. The van der Waals surface area contributed by atoms with Crippen LogP contribution in [0.1, 0.15) is 17.4 Å². The first-order valence-electron chi connectivity index (χ1n) is 6.26. The minimum atomic E-state index is -4.43. The fourth-order valence-corrected chi connectivity index (χ4v) is 1.70. The molecule has 0 aliphatic rings. The number of anilines is 1. The Balaban J connectivity index is 2.15. The SMILES string of the molecule is CCn1cncc(NC(=O)c2ccn(CC(F)(F)F)n2)c1=O. The Kier molecular flexibility index (Phi) is 4.29. The lowest BCUT2D eigenvalue weighted by Crippen LogP contribution is -2.26. The quantitative estimate of drug-likeness (QED) is 0.921. The Bertz CT molecular complexity index is 735. The third-order valence-corrected chi connectivity index (χ3v) is 2.70. The van der Waals surface area contributed by atoms with Gasteiger partial charge in [-0.05, 0) is 13.0 Å². The van der Waals surface area contributed by atoms with Gasteiger partial charge in [0.1, 0.15) is 12.2 Å². The number of hydrogen-bond acceptors (Lipinski definition) is 4. The largest absolute Gasteiger partial charge is 0.408 e. The van der Waals surface area contributed by atoms with Crippen molar-refractivity contribution in [3.8, 4) is 0 Å². The number of alkyl halides is 3. The molecule has 0 spiro atoms. The molecule has 2 aromatic rings. The van der Waals surface area contributed by atoms with Crippen LogP contribution in [0.3, 0.4) is 0 Å². The molecule has 0 radical (unpaired) electrons. The fourth-order valence-electron chi connectivity index (χ4n) is 1.70. The third-order valence-electron chi connectivity index (χ3n) is 2.70. The summed E-state index contributed by atoms with van der Waals surface area (Å²) >= 11 is 0. The van der Waals surface area contributed by atoms with Crippen LogP contribution in [0, 0.1) is 0 Å². The summed E-state index contributed by atoms with van der Waals surface area (Å²) < 4.78 is 38.5. The molecule has 2 heterocycles. The molecular weight excluding hydrogens is 303 g/mol. The van der Waals surface area contributed by atoms with Crippen LogP contribution in [0.15, 0.2) is 29.6 Å². The lowest BCUT2D eigenvalue weighted by molar-refractivity contribution is -0.142. The first kappa shape index (κ1) is 15.7. The van der Waals surface area contributed by atoms with E-state index in [9.17, 15) is 22.8 Å². The van der Waals surface area contributed by atoms with Crippen LogP contribution >= 0.6 is 0 Å². The predicted molar refractivity (Wildman–Crippen MR) is 70.4 cm³/mol. The van der Waals surface area contributed by atoms with E-state index < -0.39 is 24.2 Å². The highest BCUT2D eigenvalue weighted by atomic mass is 19.4. The highest BCUT2D eigenvalue weighted by molar-refractivity contribution is 6.02. The molecular formula is C12H12F3N5O2. The molecule has 1 amide bonds. The second-order valence-electron chi connectivity index (χ2n) is 4.37. The zero-order chi connectivity index (χ0) is 16.3. The topological polar surface area (TPSA) is 81.8 Å². The standard InChI is InChI=1S/C12H12F3N5O2/c1-2-19-7-16-5-9(11(19)22)17-10(21)8-3-4-20(18-8)6-12(13,14)15/h3-5,7H,2,6H2,1H3,(H,17,21). The molecule has 7 nitrogen and oxygen atoms in total. The van der Waals surface area contributed by atoms with Crippen molar-refractivity contribution >= 4 is 11.6 Å². The zero-order valence-corrected chi connectivity index (χ0v) is 11.5. The Morgan fingerprint density at radius 1 is 1.41 bits per heavy atom. The number of aromatic nitrogens is 4. The zero-order valence-electron chi connectivity index (χ0n) is 11.5. The van der Waals surface area contributed by atoms with Gasteiger partial charge in [0.25, 0.3) is 11.5 Å². The van der Waals surface area contributed by atoms with Gasteiger partial charge < -0.3 is 5.32 Å². The summed E-state index contributed by atoms with van der Waals surface area (Å²) in [6.07, 6.45) is -0.914. The van der Waals surface area contributed by atoms with Gasteiger partial charge >= 0.3 is 6.18 Å². The Morgan fingerprint density at radius 2 is 2.14 bits per heavy atom. The number of nitrogens with one attached hydrogen (secondary N) is 1. The van der Waals surface area contributed by atoms with E-state index in [-0.39, 0.29) is 11.4 Å². The molecule has 118 valence electrons. The van der Waals surface area contributed by atoms with Crippen LogP contribution in [0.4, 0.5) is 18.9 Å². The second-order valence-corrected chi connectivity index (χ2v) is 4.37. The van der Waals surface area contributed by atoms with Crippen molar-refractivity contribution in [1.82, 2.24) is 19.3 Å². The van der Waals surface area contributed by atoms with Gasteiger partial charge in [0.2, 0.25) is 0 Å². The summed E-state index contributed by atoms with van der Waals surface area (Å²) in [6, 6.07) is 1.13. The highest BCUT2D eigenvalue weighted by Gasteiger charge is 2.28. The van der Waals surface area contributed by atoms with E-state index >= 15 is 0 Å². The van der Waals surface area contributed by atoms with Crippen LogP contribution in [0.25, 0.3) is 0 Å². The van der Waals surface area contributed by atoms with Gasteiger partial charge in [0.05, 0.1) is 12.5 Å². The Labute approximate surface area is 122 Å². The van der Waals surface area contributed by atoms with Crippen LogP contribution in [0.5, 0.6) is 0 Å². The molecule has 10 heteroatoms. The molecule has 0 aliphatic carbocycles. The lowest BCUT2D eigenvalue weighted by atomic mass is 10.4. The van der Waals surface area contributed by atoms with Gasteiger partial charge in [0, 0.05) is 12.7 Å². The average molecular weight is 315 g/mol. The summed E-state index contributed by atoms with van der Waals surface area (Å²) in [7, 11) is 0. The minimum Gasteiger partial charge on any atom is -0.315 e. The molecule has 0 fully saturated rings. The summed E-state index contributed by atoms with van der Waals surface area (Å²) in [5.41, 5.74) is -0.754. The van der Waals surface area contributed by atoms with E-state index in [1.807, 2.05) is 0 Å². The van der Waals surface area contributed by atoms with Crippen molar-refractivity contribution in [2.75, 3.05) is 5.32 Å². The van der Waals surface area contributed by atoms with Crippen molar-refractivity contribution in [3.05, 3.63) is 40.8 Å². The molecule has 22 heavy (non-hydrogen) atoms. The van der Waals surface area contributed by atoms with E-state index in [1.165, 1.54) is 17.1 Å². The normalized spacial score (nSPS) is 11.5. The van der Waals surface area contributed by atoms with Gasteiger partial charge in [-0.15, -0.1) is 0 Å². The number of aryl methyl sites for hydroxylation is 1. The maximum Gasteiger partial charge on any atom is 0.408 e. The number of rotatable bonds is 4. The van der Waals surface area contributed by atoms with E-state index in [4.69, 9.17) is 0 Å². The van der Waals surface area contributed by atoms with Crippen LogP contribution < -0.4 is 10.9 Å². The predicted octanol–water partition coefficient (Wildman–Crippen LogP) is 1.27. The van der Waals surface area contributed by atoms with Gasteiger partial charge in [-0.1, -0.05) is 0 Å². The maximum atomic E-state index is 12.2. The number of carbonyl (C=O) groups is 1. The summed E-state index contributed by atoms with van der Waals surface area (Å²) in [6.45, 7) is 0.805. The molecule has 0 unspecified atom stereocenters. The van der Waals surface area contributed by atoms with Crippen LogP contribution in [-0.2, 0) is 13.1 Å². The lowest BCUT2D eigenvalue weighted by Gasteiger charge is -2.06. The van der Waals surface area contributed by atoms with Crippen LogP contribution in [0.2, 0.25) is 0 Å². The van der Waals surface area contributed by atoms with Gasteiger partial charge in [-0.2, -0.15) is 18.3 Å². The van der Waals surface area contributed by atoms with Crippen molar-refractivity contribution in [1.29, 1.82) is 0 Å². The molecule has 0 saturated carbocycles. The molecule has 2 aromatic heterocycles. The van der Waals surface area contributed by atoms with Gasteiger partial charge in [-0.3, -0.25) is 18.8 Å². The van der Waals surface area contributed by atoms with E-state index in [1.54, 1.807) is 6.92 Å². The van der Waals surface area contributed by atoms with E-state index in [0.717, 1.165) is 12.3 Å². The van der Waals surface area contributed by atoms with Crippen LogP contribution in [-0.4, -0.2) is 31.4 Å². The Hall–Kier alpha value is -2.65. The van der Waals surface area contributed by atoms with Crippen molar-refractivity contribution < 1.29 is 18.0 Å². The minimum absolute atomic E-state index is 0.0697. The molecule has 1 N–H and O–H groups in total. The average Bonchev–Trinajstić information content (AvgIpc) is 2.87. The number of halogens is 3. The van der Waals surface area contributed by atoms with Crippen molar-refractivity contribution in [2.24, 2.45) is 0 Å². The Morgan fingerprint density at radius 3 is 2.77 bits per heavy atom. The van der Waals surface area contributed by atoms with E-state index in [2.05, 4.69) is 15.4 Å². The molecule has 0 bridgehead atoms. The van der Waals surface area contributed by atoms with Crippen molar-refractivity contribution in [2.45, 2.75) is 26.2 Å². The number of nitrogens with zero attached hydrogens (tertiary/aromatic N) is 4. The van der Waals surface area contributed by atoms with Gasteiger partial charge in [-0.25, -0.2) is 4.98 Å². The van der Waals surface area contributed by atoms with Gasteiger partial charge in [0.15, 0.2) is 5.69 Å². The summed E-state index contributed by atoms with van der Waals surface area (Å²) in [4.78, 5) is 27.6. The number of amides is 1. The highest BCUT2D eigenvalue weighted by Crippen LogP contribution is 2.17. The number of hydrogen-bond donors (Lipinski definition) is 1. The number of carbonyl (C=O) groups excluding carboxylic acids is 1. The molecule has 0 aliphatic heterocycles. The molecule has 0 saturated heterocycles. The molecule has 2 rings (SSSR count). The molecule has 0 atom stereocenters. The molecule has 0 aromatic carbocycles.